The molecule has 1 heterocycles. The van der Waals surface area contributed by atoms with Crippen molar-refractivity contribution >= 4 is 5.82 Å². The minimum absolute atomic E-state index is 0.463. The maximum atomic E-state index is 5.98. The Morgan fingerprint density at radius 3 is 2.21 bits per heavy atom. The van der Waals surface area contributed by atoms with E-state index < -0.39 is 0 Å². The lowest BCUT2D eigenvalue weighted by atomic mass is 10.1. The van der Waals surface area contributed by atoms with Crippen LogP contribution in [0.1, 0.15) is 28.1 Å². The number of anilines is 1. The second-order valence-corrected chi connectivity index (χ2v) is 4.84. The second-order valence-electron chi connectivity index (χ2n) is 4.84. The predicted octanol–water partition coefficient (Wildman–Crippen LogP) is 3.39. The van der Waals surface area contributed by atoms with E-state index in [9.17, 15) is 0 Å². The van der Waals surface area contributed by atoms with Crippen molar-refractivity contribution in [3.63, 3.8) is 0 Å². The molecule has 2 N–H and O–H groups in total. The summed E-state index contributed by atoms with van der Waals surface area (Å²) < 4.78 is 5.98. The summed E-state index contributed by atoms with van der Waals surface area (Å²) in [7, 11) is 0. The summed E-state index contributed by atoms with van der Waals surface area (Å²) in [6.07, 6.45) is 0. The van der Waals surface area contributed by atoms with Gasteiger partial charge in [-0.1, -0.05) is 12.1 Å². The highest BCUT2D eigenvalue weighted by Crippen LogP contribution is 2.32. The molecule has 2 rings (SSSR count). The molecular weight excluding hydrogens is 238 g/mol. The maximum Gasteiger partial charge on any atom is 0.227 e. The van der Waals surface area contributed by atoms with E-state index in [1.165, 1.54) is 5.56 Å². The molecule has 0 fully saturated rings. The van der Waals surface area contributed by atoms with Gasteiger partial charge in [0.1, 0.15) is 17.4 Å². The Morgan fingerprint density at radius 1 is 0.895 bits per heavy atom. The van der Waals surface area contributed by atoms with Crippen LogP contribution < -0.4 is 10.5 Å². The third kappa shape index (κ3) is 2.52. The second kappa shape index (κ2) is 4.88. The van der Waals surface area contributed by atoms with E-state index in [-0.39, 0.29) is 0 Å². The molecule has 19 heavy (non-hydrogen) atoms. The van der Waals surface area contributed by atoms with Crippen LogP contribution in [0.25, 0.3) is 0 Å². The average Bonchev–Trinajstić information content (AvgIpc) is 2.35. The van der Waals surface area contributed by atoms with Gasteiger partial charge in [-0.2, -0.15) is 4.98 Å². The summed E-state index contributed by atoms with van der Waals surface area (Å²) >= 11 is 0. The summed E-state index contributed by atoms with van der Waals surface area (Å²) in [5.41, 5.74) is 10.0. The van der Waals surface area contributed by atoms with Crippen molar-refractivity contribution in [1.82, 2.24) is 9.97 Å². The molecule has 100 valence electrons. The van der Waals surface area contributed by atoms with Gasteiger partial charge in [-0.05, 0) is 51.3 Å². The van der Waals surface area contributed by atoms with Gasteiger partial charge in [0.15, 0.2) is 0 Å². The van der Waals surface area contributed by atoms with E-state index in [0.29, 0.717) is 17.5 Å². The van der Waals surface area contributed by atoms with E-state index in [2.05, 4.69) is 23.0 Å². The molecule has 0 saturated carbocycles. The fourth-order valence-corrected chi connectivity index (χ4v) is 1.90. The Hall–Kier alpha value is -2.10. The highest BCUT2D eigenvalue weighted by molar-refractivity contribution is 5.50. The Bertz CT molecular complexity index is 636. The number of hydrogen-bond acceptors (Lipinski definition) is 4. The lowest BCUT2D eigenvalue weighted by Gasteiger charge is -2.15. The van der Waals surface area contributed by atoms with Crippen LogP contribution in [-0.2, 0) is 0 Å². The molecule has 0 saturated heterocycles. The summed E-state index contributed by atoms with van der Waals surface area (Å²) in [6.45, 7) is 9.80. The largest absolute Gasteiger partial charge is 0.438 e. The molecule has 4 nitrogen and oxygen atoms in total. The first kappa shape index (κ1) is 13.3. The molecule has 0 amide bonds. The van der Waals surface area contributed by atoms with Gasteiger partial charge in [-0.3, -0.25) is 0 Å². The van der Waals surface area contributed by atoms with E-state index >= 15 is 0 Å². The molecule has 0 atom stereocenters. The third-order valence-corrected chi connectivity index (χ3v) is 3.32. The molecule has 0 aliphatic rings. The molecular formula is C15H19N3O. The number of aromatic nitrogens is 2. The number of nitrogen functional groups attached to an aromatic ring is 1. The van der Waals surface area contributed by atoms with Crippen molar-refractivity contribution in [3.05, 3.63) is 40.2 Å². The van der Waals surface area contributed by atoms with Crippen molar-refractivity contribution in [2.75, 3.05) is 5.73 Å². The molecule has 1 aromatic carbocycles. The number of ether oxygens (including phenoxy) is 1. The standard InChI is InChI=1S/C15H19N3O/c1-8-6-7-9(2)13(10(8)3)19-15-11(4)14(16)17-12(5)18-15/h6-7H,1-5H3,(H2,16,17,18). The van der Waals surface area contributed by atoms with Gasteiger partial charge in [0, 0.05) is 0 Å². The zero-order valence-electron chi connectivity index (χ0n) is 12.0. The Morgan fingerprint density at radius 2 is 1.53 bits per heavy atom. The van der Waals surface area contributed by atoms with Crippen molar-refractivity contribution < 1.29 is 4.74 Å². The van der Waals surface area contributed by atoms with Gasteiger partial charge in [0.25, 0.3) is 0 Å². The lowest BCUT2D eigenvalue weighted by molar-refractivity contribution is 0.449. The molecule has 2 aromatic rings. The van der Waals surface area contributed by atoms with Gasteiger partial charge in [0.05, 0.1) is 5.56 Å². The van der Waals surface area contributed by atoms with Gasteiger partial charge < -0.3 is 10.5 Å². The predicted molar refractivity (Wildman–Crippen MR) is 76.6 cm³/mol. The van der Waals surface area contributed by atoms with E-state index in [4.69, 9.17) is 10.5 Å². The number of aryl methyl sites for hydroxylation is 3. The minimum Gasteiger partial charge on any atom is -0.438 e. The van der Waals surface area contributed by atoms with Gasteiger partial charge in [-0.15, -0.1) is 0 Å². The van der Waals surface area contributed by atoms with E-state index in [1.54, 1.807) is 6.92 Å². The van der Waals surface area contributed by atoms with Crippen LogP contribution in [0.2, 0.25) is 0 Å². The zero-order chi connectivity index (χ0) is 14.2. The average molecular weight is 257 g/mol. The fraction of sp³-hybridized carbons (Fsp3) is 0.333. The number of nitrogens with zero attached hydrogens (tertiary/aromatic N) is 2. The molecule has 0 aliphatic carbocycles. The Balaban J connectivity index is 2.51. The number of benzene rings is 1. The molecule has 0 unspecified atom stereocenters. The van der Waals surface area contributed by atoms with Crippen molar-refractivity contribution in [2.45, 2.75) is 34.6 Å². The highest BCUT2D eigenvalue weighted by Gasteiger charge is 2.13. The molecule has 0 aliphatic heterocycles. The Labute approximate surface area is 113 Å². The van der Waals surface area contributed by atoms with Crippen LogP contribution in [0, 0.1) is 34.6 Å². The summed E-state index contributed by atoms with van der Waals surface area (Å²) in [5.74, 6) is 2.45. The third-order valence-electron chi connectivity index (χ3n) is 3.32. The van der Waals surface area contributed by atoms with E-state index in [1.807, 2.05) is 26.8 Å². The number of nitrogens with two attached hydrogens (primary N) is 1. The monoisotopic (exact) mass is 257 g/mol. The first-order chi connectivity index (χ1) is 8.90. The first-order valence-electron chi connectivity index (χ1n) is 6.25. The number of hydrogen-bond donors (Lipinski definition) is 1. The smallest absolute Gasteiger partial charge is 0.227 e. The van der Waals surface area contributed by atoms with Crippen LogP contribution in [0.4, 0.5) is 5.82 Å². The van der Waals surface area contributed by atoms with Crippen LogP contribution >= 0.6 is 0 Å². The molecule has 0 bridgehead atoms. The summed E-state index contributed by atoms with van der Waals surface area (Å²) in [4.78, 5) is 8.45. The normalized spacial score (nSPS) is 10.6. The molecule has 0 spiro atoms. The van der Waals surface area contributed by atoms with Gasteiger partial charge >= 0.3 is 0 Å². The Kier molecular flexibility index (Phi) is 3.42. The quantitative estimate of drug-likeness (QED) is 0.895. The fourth-order valence-electron chi connectivity index (χ4n) is 1.90. The maximum absolute atomic E-state index is 5.98. The lowest BCUT2D eigenvalue weighted by Crippen LogP contribution is -2.03. The van der Waals surface area contributed by atoms with Crippen molar-refractivity contribution in [3.8, 4) is 11.6 Å². The van der Waals surface area contributed by atoms with Crippen molar-refractivity contribution in [1.29, 1.82) is 0 Å². The zero-order valence-corrected chi connectivity index (χ0v) is 12.0. The topological polar surface area (TPSA) is 61.0 Å². The molecule has 4 heteroatoms. The highest BCUT2D eigenvalue weighted by atomic mass is 16.5. The number of rotatable bonds is 2. The molecule has 1 aromatic heterocycles. The van der Waals surface area contributed by atoms with Crippen LogP contribution in [0.3, 0.4) is 0 Å². The SMILES string of the molecule is Cc1nc(N)c(C)c(Oc2c(C)ccc(C)c2C)n1. The van der Waals surface area contributed by atoms with Crippen LogP contribution in [0.15, 0.2) is 12.1 Å². The summed E-state index contributed by atoms with van der Waals surface area (Å²) in [5, 5.41) is 0. The van der Waals surface area contributed by atoms with Gasteiger partial charge in [-0.25, -0.2) is 4.98 Å². The van der Waals surface area contributed by atoms with E-state index in [0.717, 1.165) is 22.4 Å². The van der Waals surface area contributed by atoms with Crippen LogP contribution in [0.5, 0.6) is 11.6 Å². The molecule has 0 radical (unpaired) electrons. The van der Waals surface area contributed by atoms with Crippen molar-refractivity contribution in [2.24, 2.45) is 0 Å². The van der Waals surface area contributed by atoms with Gasteiger partial charge in [0.2, 0.25) is 5.88 Å². The summed E-state index contributed by atoms with van der Waals surface area (Å²) in [6, 6.07) is 4.13. The van der Waals surface area contributed by atoms with Crippen LogP contribution in [-0.4, -0.2) is 9.97 Å². The minimum atomic E-state index is 0.463. The first-order valence-corrected chi connectivity index (χ1v) is 6.25.